The maximum Gasteiger partial charge on any atom is 0.416 e. The Kier molecular flexibility index (Phi) is 4.94. The molecule has 0 saturated carbocycles. The van der Waals surface area contributed by atoms with Gasteiger partial charge in [-0.25, -0.2) is 0 Å². The van der Waals surface area contributed by atoms with E-state index in [0.717, 1.165) is 12.1 Å². The van der Waals surface area contributed by atoms with Crippen molar-refractivity contribution in [3.8, 4) is 11.5 Å². The molecule has 1 fully saturated rings. The molecule has 0 spiro atoms. The van der Waals surface area contributed by atoms with Crippen molar-refractivity contribution in [2.45, 2.75) is 6.18 Å². The molecule has 0 radical (unpaired) electrons. The van der Waals surface area contributed by atoms with E-state index in [9.17, 15) is 18.0 Å². The van der Waals surface area contributed by atoms with E-state index in [1.165, 1.54) is 18.2 Å². The second-order valence-corrected chi connectivity index (χ2v) is 5.77. The average Bonchev–Trinajstić information content (AvgIpc) is 2.53. The van der Waals surface area contributed by atoms with E-state index in [-0.39, 0.29) is 11.7 Å². The predicted octanol–water partition coefficient (Wildman–Crippen LogP) is 3.87. The quantitative estimate of drug-likeness (QED) is 0.889. The fourth-order valence-electron chi connectivity index (χ4n) is 2.31. The number of ether oxygens (including phenoxy) is 2. The van der Waals surface area contributed by atoms with Gasteiger partial charge in [-0.3, -0.25) is 4.79 Å². The number of alkyl halides is 3. The summed E-state index contributed by atoms with van der Waals surface area (Å²) in [5.74, 6) is 0.410. The number of nitrogens with one attached hydrogen (secondary N) is 1. The topological polar surface area (TPSA) is 47.6 Å². The van der Waals surface area contributed by atoms with Crippen molar-refractivity contribution in [2.24, 2.45) is 5.92 Å². The molecule has 2 aromatic rings. The number of hydrogen-bond acceptors (Lipinski definition) is 3. The molecule has 0 aromatic heterocycles. The van der Waals surface area contributed by atoms with Gasteiger partial charge in [-0.1, -0.05) is 12.1 Å². The second-order valence-electron chi connectivity index (χ2n) is 5.77. The van der Waals surface area contributed by atoms with Gasteiger partial charge in [0.15, 0.2) is 0 Å². The van der Waals surface area contributed by atoms with Gasteiger partial charge in [-0.05, 0) is 36.4 Å². The molecule has 0 unspecified atom stereocenters. The summed E-state index contributed by atoms with van der Waals surface area (Å²) in [6.45, 7) is 1.80. The van der Waals surface area contributed by atoms with Gasteiger partial charge in [0.05, 0.1) is 18.8 Å². The van der Waals surface area contributed by atoms with Crippen LogP contribution in [0.4, 0.5) is 13.2 Å². The van der Waals surface area contributed by atoms with Crippen LogP contribution in [0.1, 0.15) is 15.9 Å². The lowest BCUT2D eigenvalue weighted by atomic mass is 10.1. The SMILES string of the molecule is O=C(NCC1COC1)c1cccc(Oc2cccc(C(F)(F)F)c2)c1. The third-order valence-electron chi connectivity index (χ3n) is 3.75. The van der Waals surface area contributed by atoms with Gasteiger partial charge in [0.25, 0.3) is 5.91 Å². The summed E-state index contributed by atoms with van der Waals surface area (Å²) >= 11 is 0. The number of carbonyl (C=O) groups is 1. The van der Waals surface area contributed by atoms with Crippen molar-refractivity contribution in [2.75, 3.05) is 19.8 Å². The standard InChI is InChI=1S/C18H16F3NO3/c19-18(20,21)14-4-2-6-16(8-14)25-15-5-1-3-13(7-15)17(23)22-9-12-10-24-11-12/h1-8,12H,9-11H2,(H,22,23). The molecule has 1 heterocycles. The van der Waals surface area contributed by atoms with Crippen LogP contribution < -0.4 is 10.1 Å². The minimum atomic E-state index is -4.44. The molecular formula is C18H16F3NO3. The van der Waals surface area contributed by atoms with Gasteiger partial charge in [-0.15, -0.1) is 0 Å². The number of amides is 1. The first-order chi connectivity index (χ1) is 11.9. The zero-order valence-electron chi connectivity index (χ0n) is 13.2. The molecular weight excluding hydrogens is 335 g/mol. The number of carbonyl (C=O) groups excluding carboxylic acids is 1. The summed E-state index contributed by atoms with van der Waals surface area (Å²) in [5.41, 5.74) is -0.411. The molecule has 1 amide bonds. The fourth-order valence-corrected chi connectivity index (χ4v) is 2.31. The highest BCUT2D eigenvalue weighted by Gasteiger charge is 2.30. The lowest BCUT2D eigenvalue weighted by Crippen LogP contribution is -2.39. The molecule has 1 N–H and O–H groups in total. The molecule has 0 bridgehead atoms. The molecule has 4 nitrogen and oxygen atoms in total. The minimum Gasteiger partial charge on any atom is -0.457 e. The van der Waals surface area contributed by atoms with E-state index in [0.29, 0.717) is 37.0 Å². The maximum atomic E-state index is 12.7. The summed E-state index contributed by atoms with van der Waals surface area (Å²) in [6, 6.07) is 10.9. The molecule has 7 heteroatoms. The Labute approximate surface area is 142 Å². The van der Waals surface area contributed by atoms with Crippen LogP contribution in [0.25, 0.3) is 0 Å². The Balaban J connectivity index is 1.68. The van der Waals surface area contributed by atoms with Crippen LogP contribution in [-0.4, -0.2) is 25.7 Å². The normalized spacial score (nSPS) is 14.7. The van der Waals surface area contributed by atoms with Crippen LogP contribution in [0.3, 0.4) is 0 Å². The van der Waals surface area contributed by atoms with Gasteiger partial charge in [-0.2, -0.15) is 13.2 Å². The fraction of sp³-hybridized carbons (Fsp3) is 0.278. The summed E-state index contributed by atoms with van der Waals surface area (Å²) in [7, 11) is 0. The first-order valence-corrected chi connectivity index (χ1v) is 7.73. The maximum absolute atomic E-state index is 12.7. The van der Waals surface area contributed by atoms with E-state index in [1.807, 2.05) is 0 Å². The monoisotopic (exact) mass is 351 g/mol. The van der Waals surface area contributed by atoms with E-state index in [4.69, 9.17) is 9.47 Å². The van der Waals surface area contributed by atoms with Crippen molar-refractivity contribution < 1.29 is 27.4 Å². The Morgan fingerprint density at radius 1 is 1.12 bits per heavy atom. The minimum absolute atomic E-state index is 0.0546. The van der Waals surface area contributed by atoms with Crippen molar-refractivity contribution in [3.63, 3.8) is 0 Å². The number of hydrogen-bond donors (Lipinski definition) is 1. The lowest BCUT2D eigenvalue weighted by Gasteiger charge is -2.25. The van der Waals surface area contributed by atoms with Gasteiger partial charge in [0, 0.05) is 18.0 Å². The number of benzene rings is 2. The average molecular weight is 351 g/mol. The highest BCUT2D eigenvalue weighted by molar-refractivity contribution is 5.94. The highest BCUT2D eigenvalue weighted by Crippen LogP contribution is 2.32. The summed E-state index contributed by atoms with van der Waals surface area (Å²) in [6.07, 6.45) is -4.44. The van der Waals surface area contributed by atoms with Crippen LogP contribution in [-0.2, 0) is 10.9 Å². The number of rotatable bonds is 5. The Morgan fingerprint density at radius 2 is 1.80 bits per heavy atom. The van der Waals surface area contributed by atoms with Crippen molar-refractivity contribution in [1.29, 1.82) is 0 Å². The summed E-state index contributed by atoms with van der Waals surface area (Å²) in [4.78, 5) is 12.1. The first kappa shape index (κ1) is 17.3. The van der Waals surface area contributed by atoms with Gasteiger partial charge in [0.1, 0.15) is 11.5 Å². The molecule has 0 atom stereocenters. The van der Waals surface area contributed by atoms with Gasteiger partial charge >= 0.3 is 6.18 Å². The highest BCUT2D eigenvalue weighted by atomic mass is 19.4. The van der Waals surface area contributed by atoms with E-state index in [2.05, 4.69) is 5.32 Å². The van der Waals surface area contributed by atoms with Crippen LogP contribution >= 0.6 is 0 Å². The van der Waals surface area contributed by atoms with E-state index < -0.39 is 11.7 Å². The zero-order chi connectivity index (χ0) is 17.9. The van der Waals surface area contributed by atoms with Crippen molar-refractivity contribution in [1.82, 2.24) is 5.32 Å². The number of halogens is 3. The Morgan fingerprint density at radius 3 is 2.44 bits per heavy atom. The Bertz CT molecular complexity index is 757. The van der Waals surface area contributed by atoms with Crippen LogP contribution in [0.2, 0.25) is 0 Å². The first-order valence-electron chi connectivity index (χ1n) is 7.73. The van der Waals surface area contributed by atoms with Gasteiger partial charge < -0.3 is 14.8 Å². The molecule has 2 aromatic carbocycles. The molecule has 1 saturated heterocycles. The van der Waals surface area contributed by atoms with E-state index in [1.54, 1.807) is 18.2 Å². The third-order valence-corrected chi connectivity index (χ3v) is 3.75. The van der Waals surface area contributed by atoms with Crippen LogP contribution in [0.5, 0.6) is 11.5 Å². The lowest BCUT2D eigenvalue weighted by molar-refractivity contribution is -0.137. The molecule has 1 aliphatic heterocycles. The zero-order valence-corrected chi connectivity index (χ0v) is 13.2. The van der Waals surface area contributed by atoms with Crippen LogP contribution in [0, 0.1) is 5.92 Å². The third kappa shape index (κ3) is 4.51. The van der Waals surface area contributed by atoms with Gasteiger partial charge in [0.2, 0.25) is 0 Å². The molecule has 132 valence electrons. The van der Waals surface area contributed by atoms with E-state index >= 15 is 0 Å². The molecule has 3 rings (SSSR count). The summed E-state index contributed by atoms with van der Waals surface area (Å²) < 4.78 is 48.7. The Hall–Kier alpha value is -2.54. The molecule has 1 aliphatic rings. The second kappa shape index (κ2) is 7.14. The molecule has 25 heavy (non-hydrogen) atoms. The largest absolute Gasteiger partial charge is 0.457 e. The summed E-state index contributed by atoms with van der Waals surface area (Å²) in [5, 5.41) is 2.80. The van der Waals surface area contributed by atoms with Crippen LogP contribution in [0.15, 0.2) is 48.5 Å². The van der Waals surface area contributed by atoms with Crippen molar-refractivity contribution in [3.05, 3.63) is 59.7 Å². The smallest absolute Gasteiger partial charge is 0.416 e. The predicted molar refractivity (Wildman–Crippen MR) is 84.6 cm³/mol. The van der Waals surface area contributed by atoms with Crippen molar-refractivity contribution >= 4 is 5.91 Å². The molecule has 0 aliphatic carbocycles.